The third-order valence-electron chi connectivity index (χ3n) is 6.49. The van der Waals surface area contributed by atoms with Gasteiger partial charge in [-0.05, 0) is 49.2 Å². The Bertz CT molecular complexity index is 1230. The van der Waals surface area contributed by atoms with Crippen molar-refractivity contribution >= 4 is 37.7 Å². The highest BCUT2D eigenvalue weighted by molar-refractivity contribution is 6.76. The summed E-state index contributed by atoms with van der Waals surface area (Å²) < 4.78 is 11.4. The van der Waals surface area contributed by atoms with E-state index in [2.05, 4.69) is 19.6 Å². The molecule has 0 spiro atoms. The van der Waals surface area contributed by atoms with Crippen LogP contribution < -0.4 is 0 Å². The van der Waals surface area contributed by atoms with Gasteiger partial charge in [-0.1, -0.05) is 79.8 Å². The molecule has 2 aromatic rings. The fraction of sp³-hybridized carbons (Fsp3) is 0.333. The van der Waals surface area contributed by atoms with Gasteiger partial charge in [0.1, 0.15) is 6.61 Å². The van der Waals surface area contributed by atoms with Crippen LogP contribution in [-0.2, 0) is 19.1 Å². The molecule has 5 nitrogen and oxygen atoms in total. The molecule has 7 heteroatoms. The SMILES string of the molecule is CC1=C(C(=O)OC/C=C/c2ccccc2)C(c2cccc(Cl)c2)C(C(=O)OCC[Si](C)(C)C)=C(C)N1C. The Labute approximate surface area is 226 Å². The van der Waals surface area contributed by atoms with Gasteiger partial charge in [-0.3, -0.25) is 0 Å². The van der Waals surface area contributed by atoms with Crippen molar-refractivity contribution in [3.63, 3.8) is 0 Å². The maximum atomic E-state index is 13.5. The van der Waals surface area contributed by atoms with Gasteiger partial charge in [-0.2, -0.15) is 0 Å². The zero-order valence-corrected chi connectivity index (χ0v) is 24.3. The monoisotopic (exact) mass is 537 g/mol. The van der Waals surface area contributed by atoms with Gasteiger partial charge >= 0.3 is 11.9 Å². The molecule has 0 aromatic heterocycles. The number of nitrogens with zero attached hydrogens (tertiary/aromatic N) is 1. The number of esters is 2. The number of ether oxygens (including phenoxy) is 2. The summed E-state index contributed by atoms with van der Waals surface area (Å²) in [6, 6.07) is 17.9. The van der Waals surface area contributed by atoms with Crippen molar-refractivity contribution in [3.05, 3.63) is 99.4 Å². The number of hydrogen-bond acceptors (Lipinski definition) is 5. The van der Waals surface area contributed by atoms with Crippen LogP contribution in [0, 0.1) is 0 Å². The molecule has 196 valence electrons. The lowest BCUT2D eigenvalue weighted by atomic mass is 9.80. The molecule has 2 aromatic carbocycles. The van der Waals surface area contributed by atoms with Crippen LogP contribution in [0.2, 0.25) is 30.7 Å². The van der Waals surface area contributed by atoms with E-state index in [1.807, 2.05) is 74.3 Å². The topological polar surface area (TPSA) is 55.8 Å². The first-order chi connectivity index (χ1) is 17.5. The quantitative estimate of drug-likeness (QED) is 0.253. The molecular formula is C30H36ClNO4Si. The van der Waals surface area contributed by atoms with Crippen LogP contribution in [0.1, 0.15) is 30.9 Å². The van der Waals surface area contributed by atoms with E-state index >= 15 is 0 Å². The molecule has 0 saturated heterocycles. The lowest BCUT2D eigenvalue weighted by Gasteiger charge is -2.36. The Balaban J connectivity index is 1.93. The Kier molecular flexibility index (Phi) is 9.57. The standard InChI is InChI=1S/C30H36ClNO4Si/c1-21-26(29(33)35-17-11-14-23-12-8-7-9-13-23)28(24-15-10-16-25(31)20-24)27(22(2)32(21)3)30(34)36-18-19-37(4,5)6/h7-16,20,28H,17-19H2,1-6H3/b14-11+. The summed E-state index contributed by atoms with van der Waals surface area (Å²) in [7, 11) is 0.455. The molecule has 1 unspecified atom stereocenters. The molecule has 0 fully saturated rings. The van der Waals surface area contributed by atoms with Crippen molar-refractivity contribution in [1.29, 1.82) is 0 Å². The van der Waals surface area contributed by atoms with E-state index in [-0.39, 0.29) is 6.61 Å². The first-order valence-electron chi connectivity index (χ1n) is 12.5. The minimum atomic E-state index is -1.39. The van der Waals surface area contributed by atoms with Crippen LogP contribution in [0.3, 0.4) is 0 Å². The maximum absolute atomic E-state index is 13.5. The highest BCUT2D eigenvalue weighted by atomic mass is 35.5. The van der Waals surface area contributed by atoms with Gasteiger partial charge in [-0.25, -0.2) is 9.59 Å². The van der Waals surface area contributed by atoms with Crippen molar-refractivity contribution in [1.82, 2.24) is 4.90 Å². The largest absolute Gasteiger partial charge is 0.463 e. The number of halogens is 1. The number of rotatable bonds is 9. The van der Waals surface area contributed by atoms with E-state index < -0.39 is 25.9 Å². The summed E-state index contributed by atoms with van der Waals surface area (Å²) in [6.07, 6.45) is 3.71. The van der Waals surface area contributed by atoms with Crippen molar-refractivity contribution in [2.75, 3.05) is 20.3 Å². The Morgan fingerprint density at radius 2 is 1.57 bits per heavy atom. The van der Waals surface area contributed by atoms with Crippen molar-refractivity contribution in [2.24, 2.45) is 0 Å². The van der Waals surface area contributed by atoms with Crippen LogP contribution in [0.4, 0.5) is 0 Å². The summed E-state index contributed by atoms with van der Waals surface area (Å²) in [5.74, 6) is -1.55. The lowest BCUT2D eigenvalue weighted by Crippen LogP contribution is -2.34. The molecule has 1 heterocycles. The second-order valence-electron chi connectivity index (χ2n) is 10.4. The Morgan fingerprint density at radius 3 is 2.16 bits per heavy atom. The van der Waals surface area contributed by atoms with Gasteiger partial charge in [0.2, 0.25) is 0 Å². The van der Waals surface area contributed by atoms with Crippen molar-refractivity contribution in [3.8, 4) is 0 Å². The second kappa shape index (κ2) is 12.4. The third-order valence-corrected chi connectivity index (χ3v) is 8.43. The predicted molar refractivity (Wildman–Crippen MR) is 153 cm³/mol. The summed E-state index contributed by atoms with van der Waals surface area (Å²) in [4.78, 5) is 28.9. The molecule has 3 rings (SSSR count). The summed E-state index contributed by atoms with van der Waals surface area (Å²) >= 11 is 6.34. The summed E-state index contributed by atoms with van der Waals surface area (Å²) in [5.41, 5.74) is 4.05. The van der Waals surface area contributed by atoms with E-state index in [1.165, 1.54) is 0 Å². The molecule has 0 bridgehead atoms. The highest BCUT2D eigenvalue weighted by Crippen LogP contribution is 2.42. The van der Waals surface area contributed by atoms with E-state index in [0.29, 0.717) is 22.8 Å². The average Bonchev–Trinajstić information content (AvgIpc) is 2.84. The molecule has 0 N–H and O–H groups in total. The van der Waals surface area contributed by atoms with Gasteiger partial charge in [0.15, 0.2) is 0 Å². The number of hydrogen-bond donors (Lipinski definition) is 0. The molecule has 0 amide bonds. The number of carbonyl (C=O) groups excluding carboxylic acids is 2. The van der Waals surface area contributed by atoms with Gasteiger partial charge in [0, 0.05) is 31.5 Å². The summed E-state index contributed by atoms with van der Waals surface area (Å²) in [6.45, 7) is 10.9. The first kappa shape index (κ1) is 28.5. The van der Waals surface area contributed by atoms with Crippen LogP contribution >= 0.6 is 11.6 Å². The van der Waals surface area contributed by atoms with E-state index in [9.17, 15) is 9.59 Å². The fourth-order valence-electron chi connectivity index (χ4n) is 4.20. The molecule has 1 aliphatic heterocycles. The minimum absolute atomic E-state index is 0.106. The van der Waals surface area contributed by atoms with Crippen LogP contribution in [0.25, 0.3) is 6.08 Å². The normalized spacial score (nSPS) is 16.4. The molecule has 0 aliphatic carbocycles. The molecule has 0 saturated carbocycles. The Hall–Kier alpha value is -3.09. The van der Waals surface area contributed by atoms with E-state index in [0.717, 1.165) is 28.6 Å². The van der Waals surface area contributed by atoms with Gasteiger partial charge < -0.3 is 14.4 Å². The van der Waals surface area contributed by atoms with Gasteiger partial charge in [-0.15, -0.1) is 0 Å². The van der Waals surface area contributed by atoms with Crippen molar-refractivity contribution in [2.45, 2.75) is 45.5 Å². The number of allylic oxidation sites excluding steroid dienone is 2. The van der Waals surface area contributed by atoms with Crippen LogP contribution in [-0.4, -0.2) is 45.2 Å². The molecule has 0 radical (unpaired) electrons. The summed E-state index contributed by atoms with van der Waals surface area (Å²) in [5, 5.41) is 0.525. The molecular weight excluding hydrogens is 502 g/mol. The first-order valence-corrected chi connectivity index (χ1v) is 16.5. The Morgan fingerprint density at radius 1 is 0.946 bits per heavy atom. The predicted octanol–water partition coefficient (Wildman–Crippen LogP) is 7.06. The zero-order chi connectivity index (χ0) is 27.2. The fourth-order valence-corrected chi connectivity index (χ4v) is 5.12. The highest BCUT2D eigenvalue weighted by Gasteiger charge is 2.40. The maximum Gasteiger partial charge on any atom is 0.337 e. The van der Waals surface area contributed by atoms with Gasteiger partial charge in [0.05, 0.1) is 23.7 Å². The second-order valence-corrected chi connectivity index (χ2v) is 16.5. The van der Waals surface area contributed by atoms with Crippen LogP contribution in [0.5, 0.6) is 0 Å². The van der Waals surface area contributed by atoms with E-state index in [1.54, 1.807) is 18.2 Å². The molecule has 37 heavy (non-hydrogen) atoms. The minimum Gasteiger partial charge on any atom is -0.463 e. The van der Waals surface area contributed by atoms with Crippen LogP contribution in [0.15, 0.2) is 83.2 Å². The third kappa shape index (κ3) is 7.46. The zero-order valence-electron chi connectivity index (χ0n) is 22.5. The van der Waals surface area contributed by atoms with Gasteiger partial charge in [0.25, 0.3) is 0 Å². The lowest BCUT2D eigenvalue weighted by molar-refractivity contribution is -0.139. The number of benzene rings is 2. The molecule has 1 aliphatic rings. The molecule has 1 atom stereocenters. The number of carbonyl (C=O) groups is 2. The van der Waals surface area contributed by atoms with Crippen molar-refractivity contribution < 1.29 is 19.1 Å². The van der Waals surface area contributed by atoms with E-state index in [4.69, 9.17) is 21.1 Å². The average molecular weight is 538 g/mol. The smallest absolute Gasteiger partial charge is 0.337 e.